The lowest BCUT2D eigenvalue weighted by Gasteiger charge is -2.18. The zero-order valence-electron chi connectivity index (χ0n) is 10.7. The summed E-state index contributed by atoms with van der Waals surface area (Å²) in [5, 5.41) is 11.1. The van der Waals surface area contributed by atoms with Gasteiger partial charge in [-0.25, -0.2) is 0 Å². The number of halogens is 3. The molecule has 1 atom stereocenters. The van der Waals surface area contributed by atoms with E-state index < -0.39 is 36.5 Å². The highest BCUT2D eigenvalue weighted by Crippen LogP contribution is 2.26. The Morgan fingerprint density at radius 3 is 2.57 bits per heavy atom. The van der Waals surface area contributed by atoms with Crippen molar-refractivity contribution in [3.8, 4) is 5.75 Å². The Hall–Kier alpha value is -2.29. The molecule has 0 saturated carbocycles. The van der Waals surface area contributed by atoms with E-state index in [4.69, 9.17) is 10.8 Å². The molecular weight excluding hydrogens is 293 g/mol. The number of amides is 1. The molecule has 0 aliphatic rings. The van der Waals surface area contributed by atoms with Gasteiger partial charge in [0.25, 0.3) is 0 Å². The van der Waals surface area contributed by atoms with Gasteiger partial charge in [0, 0.05) is 0 Å². The maximum atomic E-state index is 12.1. The Labute approximate surface area is 117 Å². The number of carbonyl (C=O) groups is 2. The highest BCUT2D eigenvalue weighted by atomic mass is 19.4. The van der Waals surface area contributed by atoms with Gasteiger partial charge in [0.1, 0.15) is 5.75 Å². The van der Waals surface area contributed by atoms with Gasteiger partial charge in [-0.2, -0.15) is 0 Å². The molecule has 0 spiro atoms. The average molecular weight is 306 g/mol. The summed E-state index contributed by atoms with van der Waals surface area (Å²) in [4.78, 5) is 22.0. The Bertz CT molecular complexity index is 519. The molecule has 0 radical (unpaired) electrons. The first-order chi connectivity index (χ1) is 9.71. The minimum atomic E-state index is -4.86. The summed E-state index contributed by atoms with van der Waals surface area (Å²) in [6.07, 6.45) is -5.36. The Morgan fingerprint density at radius 2 is 2.05 bits per heavy atom. The van der Waals surface area contributed by atoms with Crippen LogP contribution in [0.2, 0.25) is 0 Å². The number of rotatable bonds is 6. The summed E-state index contributed by atoms with van der Waals surface area (Å²) in [6, 6.07) is 3.72. The van der Waals surface area contributed by atoms with Crippen molar-refractivity contribution < 1.29 is 32.6 Å². The fraction of sp³-hybridized carbons (Fsp3) is 0.333. The van der Waals surface area contributed by atoms with Gasteiger partial charge in [-0.05, 0) is 17.7 Å². The van der Waals surface area contributed by atoms with Crippen molar-refractivity contribution in [1.82, 2.24) is 5.32 Å². The standard InChI is InChI=1S/C12H13F3N2O4/c13-12(14,15)21-8-3-1-2-7(4-8)9(5-11(19)20)17-10(18)6-16/h1-4,9H,5-6,16H2,(H,17,18)(H,19,20). The van der Waals surface area contributed by atoms with E-state index in [0.717, 1.165) is 12.1 Å². The van der Waals surface area contributed by atoms with Gasteiger partial charge < -0.3 is 20.9 Å². The first kappa shape index (κ1) is 16.8. The number of hydrogen-bond donors (Lipinski definition) is 3. The van der Waals surface area contributed by atoms with Gasteiger partial charge in [-0.15, -0.1) is 13.2 Å². The van der Waals surface area contributed by atoms with Crippen LogP contribution in [-0.4, -0.2) is 29.9 Å². The van der Waals surface area contributed by atoms with Crippen molar-refractivity contribution >= 4 is 11.9 Å². The van der Waals surface area contributed by atoms with Crippen LogP contribution in [-0.2, 0) is 9.59 Å². The third kappa shape index (κ3) is 6.13. The fourth-order valence-corrected chi connectivity index (χ4v) is 1.61. The van der Waals surface area contributed by atoms with E-state index >= 15 is 0 Å². The van der Waals surface area contributed by atoms with Crippen molar-refractivity contribution in [2.45, 2.75) is 18.8 Å². The summed E-state index contributed by atoms with van der Waals surface area (Å²) >= 11 is 0. The lowest BCUT2D eigenvalue weighted by Crippen LogP contribution is -2.34. The lowest BCUT2D eigenvalue weighted by atomic mass is 10.0. The molecule has 1 rings (SSSR count). The van der Waals surface area contributed by atoms with E-state index in [9.17, 15) is 22.8 Å². The van der Waals surface area contributed by atoms with Crippen molar-refractivity contribution in [2.24, 2.45) is 5.73 Å². The molecular formula is C12H13F3N2O4. The maximum absolute atomic E-state index is 12.1. The molecule has 1 aromatic rings. The number of carboxylic acid groups (broad SMARTS) is 1. The highest BCUT2D eigenvalue weighted by molar-refractivity contribution is 5.79. The second kappa shape index (κ2) is 6.93. The van der Waals surface area contributed by atoms with E-state index in [0.29, 0.717) is 0 Å². The molecule has 1 unspecified atom stereocenters. The molecule has 4 N–H and O–H groups in total. The van der Waals surface area contributed by atoms with Crippen LogP contribution in [0.25, 0.3) is 0 Å². The summed E-state index contributed by atoms with van der Waals surface area (Å²) in [5.74, 6) is -2.35. The topological polar surface area (TPSA) is 102 Å². The number of carbonyl (C=O) groups excluding carboxylic acids is 1. The summed E-state index contributed by atoms with van der Waals surface area (Å²) in [7, 11) is 0. The Morgan fingerprint density at radius 1 is 1.38 bits per heavy atom. The number of aliphatic carboxylic acids is 1. The van der Waals surface area contributed by atoms with Crippen molar-refractivity contribution in [3.63, 3.8) is 0 Å². The molecule has 1 aromatic carbocycles. The summed E-state index contributed by atoms with van der Waals surface area (Å²) < 4.78 is 40.2. The van der Waals surface area contributed by atoms with Gasteiger partial charge in [0.05, 0.1) is 19.0 Å². The molecule has 0 aromatic heterocycles. The molecule has 9 heteroatoms. The maximum Gasteiger partial charge on any atom is 0.573 e. The first-order valence-corrected chi connectivity index (χ1v) is 5.78. The third-order valence-electron chi connectivity index (χ3n) is 2.39. The quantitative estimate of drug-likeness (QED) is 0.732. The normalized spacial score (nSPS) is 12.6. The van der Waals surface area contributed by atoms with E-state index in [2.05, 4.69) is 10.1 Å². The zero-order valence-corrected chi connectivity index (χ0v) is 10.7. The number of carboxylic acids is 1. The molecule has 0 heterocycles. The van der Waals surface area contributed by atoms with Crippen LogP contribution in [0.5, 0.6) is 5.75 Å². The van der Waals surface area contributed by atoms with Gasteiger partial charge >= 0.3 is 12.3 Å². The van der Waals surface area contributed by atoms with Crippen molar-refractivity contribution in [2.75, 3.05) is 6.54 Å². The molecule has 1 amide bonds. The van der Waals surface area contributed by atoms with E-state index in [1.165, 1.54) is 12.1 Å². The summed E-state index contributed by atoms with van der Waals surface area (Å²) in [6.45, 7) is -0.366. The van der Waals surface area contributed by atoms with Gasteiger partial charge in [-0.3, -0.25) is 9.59 Å². The minimum Gasteiger partial charge on any atom is -0.481 e. The van der Waals surface area contributed by atoms with Crippen molar-refractivity contribution in [3.05, 3.63) is 29.8 Å². The molecule has 0 bridgehead atoms. The number of benzene rings is 1. The molecule has 0 fully saturated rings. The Kier molecular flexibility index (Phi) is 5.53. The van der Waals surface area contributed by atoms with Crippen LogP contribution in [0.3, 0.4) is 0 Å². The number of nitrogens with one attached hydrogen (secondary N) is 1. The molecule has 0 saturated heterocycles. The van der Waals surface area contributed by atoms with Crippen LogP contribution in [0.1, 0.15) is 18.0 Å². The van der Waals surface area contributed by atoms with Gasteiger partial charge in [-0.1, -0.05) is 12.1 Å². The molecule has 6 nitrogen and oxygen atoms in total. The van der Waals surface area contributed by atoms with Crippen LogP contribution < -0.4 is 15.8 Å². The fourth-order valence-electron chi connectivity index (χ4n) is 1.61. The van der Waals surface area contributed by atoms with E-state index in [-0.39, 0.29) is 12.1 Å². The monoisotopic (exact) mass is 306 g/mol. The van der Waals surface area contributed by atoms with E-state index in [1.807, 2.05) is 0 Å². The van der Waals surface area contributed by atoms with Gasteiger partial charge in [0.15, 0.2) is 0 Å². The molecule has 116 valence electrons. The average Bonchev–Trinajstić information content (AvgIpc) is 2.35. The molecule has 0 aliphatic carbocycles. The highest BCUT2D eigenvalue weighted by Gasteiger charge is 2.31. The smallest absolute Gasteiger partial charge is 0.481 e. The number of ether oxygens (including phenoxy) is 1. The largest absolute Gasteiger partial charge is 0.573 e. The van der Waals surface area contributed by atoms with E-state index in [1.54, 1.807) is 0 Å². The number of alkyl halides is 3. The van der Waals surface area contributed by atoms with Crippen LogP contribution in [0, 0.1) is 0 Å². The summed E-state index contributed by atoms with van der Waals surface area (Å²) in [5.41, 5.74) is 5.28. The van der Waals surface area contributed by atoms with Crippen LogP contribution >= 0.6 is 0 Å². The third-order valence-corrected chi connectivity index (χ3v) is 2.39. The van der Waals surface area contributed by atoms with Crippen molar-refractivity contribution in [1.29, 1.82) is 0 Å². The predicted molar refractivity (Wildman–Crippen MR) is 65.3 cm³/mol. The molecule has 21 heavy (non-hydrogen) atoms. The number of nitrogens with two attached hydrogens (primary N) is 1. The SMILES string of the molecule is NCC(=O)NC(CC(=O)O)c1cccc(OC(F)(F)F)c1. The zero-order chi connectivity index (χ0) is 16.0. The number of hydrogen-bond acceptors (Lipinski definition) is 4. The van der Waals surface area contributed by atoms with Crippen LogP contribution in [0.15, 0.2) is 24.3 Å². The second-order valence-electron chi connectivity index (χ2n) is 4.04. The molecule has 0 aliphatic heterocycles. The second-order valence-corrected chi connectivity index (χ2v) is 4.04. The van der Waals surface area contributed by atoms with Crippen LogP contribution in [0.4, 0.5) is 13.2 Å². The lowest BCUT2D eigenvalue weighted by molar-refractivity contribution is -0.274. The van der Waals surface area contributed by atoms with Gasteiger partial charge in [0.2, 0.25) is 5.91 Å². The first-order valence-electron chi connectivity index (χ1n) is 5.78. The Balaban J connectivity index is 2.98. The minimum absolute atomic E-state index is 0.168. The predicted octanol–water partition coefficient (Wildman–Crippen LogP) is 1.18.